The number of hydrogen-bond donors (Lipinski definition) is 0. The van der Waals surface area contributed by atoms with Crippen LogP contribution in [-0.2, 0) is 0 Å². The zero-order chi connectivity index (χ0) is 10.0. The van der Waals surface area contributed by atoms with E-state index in [1.807, 2.05) is 5.92 Å². The van der Waals surface area contributed by atoms with E-state index < -0.39 is 28.8 Å². The Morgan fingerprint density at radius 2 is 1.46 bits per heavy atom. The van der Waals surface area contributed by atoms with Gasteiger partial charge in [0.2, 0.25) is 0 Å². The molecule has 0 atom stereocenters. The van der Waals surface area contributed by atoms with Crippen LogP contribution in [0.5, 0.6) is 0 Å². The van der Waals surface area contributed by atoms with Gasteiger partial charge in [-0.15, -0.1) is 5.92 Å². The average Bonchev–Trinajstić information content (AvgIpc) is 2.09. The lowest BCUT2D eigenvalue weighted by molar-refractivity contribution is 0.450. The van der Waals surface area contributed by atoms with Gasteiger partial charge in [-0.1, -0.05) is 5.92 Å². The number of halogens is 4. The van der Waals surface area contributed by atoms with Crippen LogP contribution in [0, 0.1) is 35.1 Å². The zero-order valence-corrected chi connectivity index (χ0v) is 6.59. The molecule has 0 bridgehead atoms. The smallest absolute Gasteiger partial charge is 0.177 e. The quantitative estimate of drug-likeness (QED) is 0.333. The molecular formula is C9H4F4. The summed E-state index contributed by atoms with van der Waals surface area (Å²) in [6.45, 7) is 1.31. The van der Waals surface area contributed by atoms with Crippen LogP contribution in [0.3, 0.4) is 0 Å². The van der Waals surface area contributed by atoms with Gasteiger partial charge in [0.25, 0.3) is 0 Å². The molecule has 4 heteroatoms. The molecule has 0 fully saturated rings. The van der Waals surface area contributed by atoms with Crippen molar-refractivity contribution < 1.29 is 17.6 Å². The molecule has 0 nitrogen and oxygen atoms in total. The van der Waals surface area contributed by atoms with Crippen molar-refractivity contribution in [1.82, 2.24) is 0 Å². The van der Waals surface area contributed by atoms with Crippen LogP contribution >= 0.6 is 0 Å². The highest BCUT2D eigenvalue weighted by atomic mass is 19.2. The van der Waals surface area contributed by atoms with E-state index in [0.717, 1.165) is 0 Å². The SMILES string of the molecule is CC#Cc1c(F)c(F)cc(F)c1F. The molecule has 0 aliphatic carbocycles. The van der Waals surface area contributed by atoms with Crippen LogP contribution in [0.1, 0.15) is 12.5 Å². The van der Waals surface area contributed by atoms with Gasteiger partial charge in [-0.2, -0.15) is 0 Å². The van der Waals surface area contributed by atoms with Gasteiger partial charge in [-0.25, -0.2) is 17.6 Å². The minimum Gasteiger partial charge on any atom is -0.204 e. The first kappa shape index (κ1) is 9.59. The van der Waals surface area contributed by atoms with Crippen molar-refractivity contribution in [3.63, 3.8) is 0 Å². The highest BCUT2D eigenvalue weighted by Crippen LogP contribution is 2.17. The fraction of sp³-hybridized carbons (Fsp3) is 0.111. The summed E-state index contributed by atoms with van der Waals surface area (Å²) < 4.78 is 50.5. The van der Waals surface area contributed by atoms with Crippen molar-refractivity contribution in [2.45, 2.75) is 6.92 Å². The summed E-state index contributed by atoms with van der Waals surface area (Å²) >= 11 is 0. The van der Waals surface area contributed by atoms with E-state index in [4.69, 9.17) is 0 Å². The Labute approximate surface area is 72.2 Å². The van der Waals surface area contributed by atoms with Crippen LogP contribution in [0.4, 0.5) is 17.6 Å². The molecule has 1 aromatic carbocycles. The largest absolute Gasteiger partial charge is 0.204 e. The van der Waals surface area contributed by atoms with E-state index >= 15 is 0 Å². The molecule has 0 saturated heterocycles. The van der Waals surface area contributed by atoms with E-state index in [1.165, 1.54) is 6.92 Å². The third-order valence-electron chi connectivity index (χ3n) is 1.36. The monoisotopic (exact) mass is 188 g/mol. The van der Waals surface area contributed by atoms with Crippen molar-refractivity contribution in [1.29, 1.82) is 0 Å². The molecular weight excluding hydrogens is 184 g/mol. The summed E-state index contributed by atoms with van der Waals surface area (Å²) in [5.41, 5.74) is -0.875. The molecule has 68 valence electrons. The van der Waals surface area contributed by atoms with Gasteiger partial charge < -0.3 is 0 Å². The fourth-order valence-electron chi connectivity index (χ4n) is 0.808. The molecule has 0 amide bonds. The average molecular weight is 188 g/mol. The first-order valence-electron chi connectivity index (χ1n) is 3.33. The molecule has 0 radical (unpaired) electrons. The Hall–Kier alpha value is -1.50. The highest BCUT2D eigenvalue weighted by molar-refractivity contribution is 5.37. The summed E-state index contributed by atoms with van der Waals surface area (Å²) in [6, 6.07) is 0.144. The third kappa shape index (κ3) is 1.64. The number of hydrogen-bond acceptors (Lipinski definition) is 0. The Morgan fingerprint density at radius 1 is 1.00 bits per heavy atom. The maximum absolute atomic E-state index is 12.7. The van der Waals surface area contributed by atoms with Crippen LogP contribution in [0.2, 0.25) is 0 Å². The second kappa shape index (κ2) is 3.48. The topological polar surface area (TPSA) is 0 Å². The maximum Gasteiger partial charge on any atom is 0.177 e. The zero-order valence-electron chi connectivity index (χ0n) is 6.59. The summed E-state index contributed by atoms with van der Waals surface area (Å²) in [7, 11) is 0. The fourth-order valence-corrected chi connectivity index (χ4v) is 0.808. The van der Waals surface area contributed by atoms with Crippen molar-refractivity contribution >= 4 is 0 Å². The predicted molar refractivity (Wildman–Crippen MR) is 38.8 cm³/mol. The maximum atomic E-state index is 12.7. The van der Waals surface area contributed by atoms with Gasteiger partial charge in [0.15, 0.2) is 23.3 Å². The Bertz CT molecular complexity index is 372. The van der Waals surface area contributed by atoms with Crippen molar-refractivity contribution in [3.8, 4) is 11.8 Å². The van der Waals surface area contributed by atoms with E-state index in [0.29, 0.717) is 0 Å². The Kier molecular flexibility index (Phi) is 2.57. The first-order valence-corrected chi connectivity index (χ1v) is 3.33. The van der Waals surface area contributed by atoms with Gasteiger partial charge in [-0.05, 0) is 6.92 Å². The van der Waals surface area contributed by atoms with Crippen molar-refractivity contribution in [2.24, 2.45) is 0 Å². The molecule has 1 aromatic rings. The van der Waals surface area contributed by atoms with E-state index in [1.54, 1.807) is 0 Å². The highest BCUT2D eigenvalue weighted by Gasteiger charge is 2.16. The van der Waals surface area contributed by atoms with Crippen LogP contribution in [-0.4, -0.2) is 0 Å². The summed E-state index contributed by atoms with van der Waals surface area (Å²) in [4.78, 5) is 0. The Balaban J connectivity index is 3.52. The minimum absolute atomic E-state index is 0.144. The lowest BCUT2D eigenvalue weighted by Gasteiger charge is -1.99. The molecule has 0 N–H and O–H groups in total. The standard InChI is InChI=1S/C9H4F4/c1-2-3-5-8(12)6(10)4-7(11)9(5)13/h4H,1H3. The summed E-state index contributed by atoms with van der Waals surface area (Å²) in [5.74, 6) is -1.72. The van der Waals surface area contributed by atoms with Gasteiger partial charge in [-0.3, -0.25) is 0 Å². The molecule has 0 aliphatic heterocycles. The van der Waals surface area contributed by atoms with Crippen LogP contribution in [0.15, 0.2) is 6.07 Å². The molecule has 0 saturated carbocycles. The second-order valence-corrected chi connectivity index (χ2v) is 2.22. The molecule has 0 unspecified atom stereocenters. The predicted octanol–water partition coefficient (Wildman–Crippen LogP) is 2.61. The number of rotatable bonds is 0. The first-order chi connectivity index (χ1) is 6.07. The molecule has 0 spiro atoms. The van der Waals surface area contributed by atoms with Crippen molar-refractivity contribution in [3.05, 3.63) is 34.9 Å². The second-order valence-electron chi connectivity index (χ2n) is 2.22. The summed E-state index contributed by atoms with van der Waals surface area (Å²) in [6.07, 6.45) is 0. The molecule has 1 rings (SSSR count). The van der Waals surface area contributed by atoms with Gasteiger partial charge >= 0.3 is 0 Å². The van der Waals surface area contributed by atoms with Crippen LogP contribution < -0.4 is 0 Å². The van der Waals surface area contributed by atoms with E-state index in [-0.39, 0.29) is 6.07 Å². The molecule has 0 aromatic heterocycles. The van der Waals surface area contributed by atoms with Crippen molar-refractivity contribution in [2.75, 3.05) is 0 Å². The third-order valence-corrected chi connectivity index (χ3v) is 1.36. The molecule has 13 heavy (non-hydrogen) atoms. The summed E-state index contributed by atoms with van der Waals surface area (Å²) in [5, 5.41) is 0. The van der Waals surface area contributed by atoms with E-state index in [9.17, 15) is 17.6 Å². The van der Waals surface area contributed by atoms with Gasteiger partial charge in [0.1, 0.15) is 5.56 Å². The molecule has 0 aliphatic rings. The normalized spacial score (nSPS) is 9.31. The minimum atomic E-state index is -1.46. The van der Waals surface area contributed by atoms with E-state index in [2.05, 4.69) is 5.92 Å². The lowest BCUT2D eigenvalue weighted by atomic mass is 10.2. The molecule has 0 heterocycles. The van der Waals surface area contributed by atoms with Gasteiger partial charge in [0, 0.05) is 6.07 Å². The Morgan fingerprint density at radius 3 is 1.85 bits per heavy atom. The van der Waals surface area contributed by atoms with Gasteiger partial charge in [0.05, 0.1) is 0 Å². The lowest BCUT2D eigenvalue weighted by Crippen LogP contribution is -1.98. The van der Waals surface area contributed by atoms with Crippen LogP contribution in [0.25, 0.3) is 0 Å². The number of benzene rings is 1.